The lowest BCUT2D eigenvalue weighted by molar-refractivity contribution is 0.533. The fourth-order valence-electron chi connectivity index (χ4n) is 0.472. The van der Waals surface area contributed by atoms with Crippen LogP contribution in [0.3, 0.4) is 0 Å². The third-order valence-corrected chi connectivity index (χ3v) is 1.83. The zero-order chi connectivity index (χ0) is 7.56. The number of rotatable bonds is 1. The Labute approximate surface area is 70.6 Å². The molecule has 0 spiro atoms. The molecule has 10 heavy (non-hydrogen) atoms. The van der Waals surface area contributed by atoms with Gasteiger partial charge in [-0.2, -0.15) is 4.39 Å². The highest BCUT2D eigenvalue weighted by Crippen LogP contribution is 2.14. The van der Waals surface area contributed by atoms with E-state index in [-0.39, 0.29) is 5.88 Å². The molecule has 2 nitrogen and oxygen atoms in total. The van der Waals surface area contributed by atoms with Crippen LogP contribution in [-0.4, -0.2) is 9.97 Å². The summed E-state index contributed by atoms with van der Waals surface area (Å²) >= 11 is 8.53. The highest BCUT2D eigenvalue weighted by molar-refractivity contribution is 9.10. The molecule has 0 aliphatic heterocycles. The first kappa shape index (κ1) is 7.88. The van der Waals surface area contributed by atoms with Crippen molar-refractivity contribution in [2.75, 3.05) is 0 Å². The second-order valence-electron chi connectivity index (χ2n) is 1.57. The summed E-state index contributed by atoms with van der Waals surface area (Å²) in [5, 5.41) is 0. The SMILES string of the molecule is Fc1ncc(Br)c(CCl)n1. The van der Waals surface area contributed by atoms with Crippen molar-refractivity contribution in [1.29, 1.82) is 0 Å². The Bertz CT molecular complexity index is 243. The van der Waals surface area contributed by atoms with Crippen molar-refractivity contribution in [1.82, 2.24) is 9.97 Å². The molecular formula is C5H3BrClFN2. The summed E-state index contributed by atoms with van der Waals surface area (Å²) < 4.78 is 12.9. The van der Waals surface area contributed by atoms with Gasteiger partial charge < -0.3 is 0 Å². The van der Waals surface area contributed by atoms with E-state index in [1.807, 2.05) is 0 Å². The molecule has 0 aromatic carbocycles. The summed E-state index contributed by atoms with van der Waals surface area (Å²) in [5.41, 5.74) is 0.467. The summed E-state index contributed by atoms with van der Waals surface area (Å²) in [6.45, 7) is 0. The maximum atomic E-state index is 12.2. The number of halogens is 3. The van der Waals surface area contributed by atoms with Gasteiger partial charge in [-0.25, -0.2) is 9.97 Å². The van der Waals surface area contributed by atoms with Crippen LogP contribution >= 0.6 is 27.5 Å². The van der Waals surface area contributed by atoms with Crippen molar-refractivity contribution in [2.45, 2.75) is 5.88 Å². The Morgan fingerprint density at radius 1 is 1.70 bits per heavy atom. The molecule has 0 aliphatic carbocycles. The zero-order valence-electron chi connectivity index (χ0n) is 4.81. The van der Waals surface area contributed by atoms with Gasteiger partial charge in [-0.15, -0.1) is 11.6 Å². The van der Waals surface area contributed by atoms with Gasteiger partial charge in [-0.3, -0.25) is 0 Å². The van der Waals surface area contributed by atoms with Gasteiger partial charge in [-0.1, -0.05) is 0 Å². The molecule has 0 fully saturated rings. The number of aromatic nitrogens is 2. The van der Waals surface area contributed by atoms with Gasteiger partial charge in [0.2, 0.25) is 0 Å². The molecule has 1 heterocycles. The molecule has 0 aliphatic rings. The van der Waals surface area contributed by atoms with Gasteiger partial charge in [0, 0.05) is 6.20 Å². The Morgan fingerprint density at radius 2 is 2.40 bits per heavy atom. The molecule has 0 saturated carbocycles. The summed E-state index contributed by atoms with van der Waals surface area (Å²) in [5.74, 6) is 0.181. The van der Waals surface area contributed by atoms with Gasteiger partial charge in [0.1, 0.15) is 0 Å². The van der Waals surface area contributed by atoms with Crippen LogP contribution in [-0.2, 0) is 5.88 Å². The molecule has 0 atom stereocenters. The van der Waals surface area contributed by atoms with Crippen LogP contribution in [0.15, 0.2) is 10.7 Å². The molecule has 1 aromatic rings. The van der Waals surface area contributed by atoms with Gasteiger partial charge in [0.25, 0.3) is 0 Å². The van der Waals surface area contributed by atoms with Gasteiger partial charge in [0.15, 0.2) is 0 Å². The second kappa shape index (κ2) is 3.25. The Morgan fingerprint density at radius 3 is 2.90 bits per heavy atom. The van der Waals surface area contributed by atoms with Crippen LogP contribution in [0.4, 0.5) is 4.39 Å². The molecule has 1 rings (SSSR count). The molecule has 0 unspecified atom stereocenters. The van der Waals surface area contributed by atoms with E-state index in [2.05, 4.69) is 25.9 Å². The standard InChI is InChI=1S/C5H3BrClFN2/c6-3-2-9-5(8)10-4(3)1-7/h2H,1H2. The summed E-state index contributed by atoms with van der Waals surface area (Å²) in [7, 11) is 0. The zero-order valence-corrected chi connectivity index (χ0v) is 7.15. The molecule has 0 saturated heterocycles. The minimum Gasteiger partial charge on any atom is -0.210 e. The predicted octanol–water partition coefficient (Wildman–Crippen LogP) is 2.12. The van der Waals surface area contributed by atoms with Crippen LogP contribution in [0.5, 0.6) is 0 Å². The fraction of sp³-hybridized carbons (Fsp3) is 0.200. The first-order chi connectivity index (χ1) is 4.74. The highest BCUT2D eigenvalue weighted by Gasteiger charge is 2.01. The van der Waals surface area contributed by atoms with E-state index in [0.29, 0.717) is 10.2 Å². The van der Waals surface area contributed by atoms with E-state index < -0.39 is 6.08 Å². The highest BCUT2D eigenvalue weighted by atomic mass is 79.9. The second-order valence-corrected chi connectivity index (χ2v) is 2.69. The quantitative estimate of drug-likeness (QED) is 0.540. The van der Waals surface area contributed by atoms with E-state index in [4.69, 9.17) is 11.6 Å². The van der Waals surface area contributed by atoms with Crippen molar-refractivity contribution in [2.24, 2.45) is 0 Å². The summed E-state index contributed by atoms with van der Waals surface area (Å²) in [6, 6.07) is 0. The Hall–Kier alpha value is -0.220. The molecule has 0 bridgehead atoms. The van der Waals surface area contributed by atoms with Crippen molar-refractivity contribution in [3.8, 4) is 0 Å². The van der Waals surface area contributed by atoms with Gasteiger partial charge in [0.05, 0.1) is 16.0 Å². The van der Waals surface area contributed by atoms with Crippen LogP contribution in [0.25, 0.3) is 0 Å². The van der Waals surface area contributed by atoms with Crippen LogP contribution in [0, 0.1) is 6.08 Å². The predicted molar refractivity (Wildman–Crippen MR) is 39.2 cm³/mol. The first-order valence-electron chi connectivity index (χ1n) is 2.47. The van der Waals surface area contributed by atoms with E-state index in [1.165, 1.54) is 6.20 Å². The van der Waals surface area contributed by atoms with E-state index >= 15 is 0 Å². The summed E-state index contributed by atoms with van der Waals surface area (Å²) in [4.78, 5) is 6.74. The Kier molecular flexibility index (Phi) is 2.56. The third kappa shape index (κ3) is 1.64. The third-order valence-electron chi connectivity index (χ3n) is 0.914. The smallest absolute Gasteiger partial charge is 0.210 e. The maximum absolute atomic E-state index is 12.2. The van der Waals surface area contributed by atoms with E-state index in [1.54, 1.807) is 0 Å². The normalized spacial score (nSPS) is 9.90. The lowest BCUT2D eigenvalue weighted by Gasteiger charge is -1.95. The Balaban J connectivity index is 3.09. The minimum atomic E-state index is -0.751. The number of nitrogens with zero attached hydrogens (tertiary/aromatic N) is 2. The van der Waals surface area contributed by atoms with E-state index in [0.717, 1.165) is 0 Å². The van der Waals surface area contributed by atoms with E-state index in [9.17, 15) is 4.39 Å². The molecule has 5 heteroatoms. The molecule has 0 amide bonds. The lowest BCUT2D eigenvalue weighted by atomic mass is 10.5. The summed E-state index contributed by atoms with van der Waals surface area (Å²) in [6.07, 6.45) is 0.582. The molecule has 1 aromatic heterocycles. The number of alkyl halides is 1. The van der Waals surface area contributed by atoms with Crippen LogP contribution < -0.4 is 0 Å². The molecule has 0 radical (unpaired) electrons. The van der Waals surface area contributed by atoms with Crippen LogP contribution in [0.1, 0.15) is 5.69 Å². The number of hydrogen-bond donors (Lipinski definition) is 0. The molecule has 0 N–H and O–H groups in total. The van der Waals surface area contributed by atoms with Crippen molar-refractivity contribution in [3.63, 3.8) is 0 Å². The molecule has 54 valence electrons. The monoisotopic (exact) mass is 224 g/mol. The van der Waals surface area contributed by atoms with Crippen molar-refractivity contribution >= 4 is 27.5 Å². The topological polar surface area (TPSA) is 25.8 Å². The fourth-order valence-corrected chi connectivity index (χ4v) is 1.17. The van der Waals surface area contributed by atoms with Crippen molar-refractivity contribution < 1.29 is 4.39 Å². The van der Waals surface area contributed by atoms with Crippen LogP contribution in [0.2, 0.25) is 0 Å². The average molecular weight is 225 g/mol. The first-order valence-corrected chi connectivity index (χ1v) is 3.79. The van der Waals surface area contributed by atoms with Gasteiger partial charge in [-0.05, 0) is 15.9 Å². The lowest BCUT2D eigenvalue weighted by Crippen LogP contribution is -1.94. The van der Waals surface area contributed by atoms with Gasteiger partial charge >= 0.3 is 6.08 Å². The maximum Gasteiger partial charge on any atom is 0.308 e. The minimum absolute atomic E-state index is 0.181. The average Bonchev–Trinajstić information content (AvgIpc) is 1.94. The molecular weight excluding hydrogens is 222 g/mol. The largest absolute Gasteiger partial charge is 0.308 e. The van der Waals surface area contributed by atoms with Crippen molar-refractivity contribution in [3.05, 3.63) is 22.4 Å². The number of hydrogen-bond acceptors (Lipinski definition) is 2.